The summed E-state index contributed by atoms with van der Waals surface area (Å²) in [6.07, 6.45) is 2.87. The minimum Gasteiger partial charge on any atom is -0.312 e. The molecule has 0 unspecified atom stereocenters. The zero-order chi connectivity index (χ0) is 19.8. The number of rotatable bonds is 5. The van der Waals surface area contributed by atoms with E-state index in [1.807, 2.05) is 34.9 Å². The van der Waals surface area contributed by atoms with Gasteiger partial charge in [0.2, 0.25) is 5.95 Å². The molecule has 0 radical (unpaired) electrons. The van der Waals surface area contributed by atoms with E-state index in [9.17, 15) is 9.59 Å². The van der Waals surface area contributed by atoms with Gasteiger partial charge in [-0.25, -0.2) is 4.79 Å². The van der Waals surface area contributed by atoms with Crippen molar-refractivity contribution in [2.24, 2.45) is 13.0 Å². The normalized spacial score (nSPS) is 16.5. The van der Waals surface area contributed by atoms with Crippen molar-refractivity contribution in [2.75, 3.05) is 11.4 Å². The van der Waals surface area contributed by atoms with Gasteiger partial charge in [-0.15, -0.1) is 0 Å². The van der Waals surface area contributed by atoms with Crippen molar-refractivity contribution >= 4 is 22.8 Å². The number of aryl methyl sites for hydroxylation is 1. The Hall–Kier alpha value is -2.83. The second-order valence-corrected chi connectivity index (χ2v) is 7.75. The molecule has 0 aliphatic carbocycles. The smallest absolute Gasteiger partial charge is 0.312 e. The topological polar surface area (TPSA) is 65.1 Å². The first-order chi connectivity index (χ1) is 13.5. The average Bonchev–Trinajstić information content (AvgIpc) is 3.08. The van der Waals surface area contributed by atoms with E-state index in [1.165, 1.54) is 9.13 Å². The van der Waals surface area contributed by atoms with Crippen molar-refractivity contribution in [3.63, 3.8) is 0 Å². The lowest BCUT2D eigenvalue weighted by Gasteiger charge is -2.32. The number of fused-ring (bicyclic) bond motifs is 3. The van der Waals surface area contributed by atoms with E-state index in [0.29, 0.717) is 23.6 Å². The number of nitrogens with zero attached hydrogens (tertiary/aromatic N) is 5. The molecule has 7 heteroatoms. The molecule has 4 rings (SSSR count). The summed E-state index contributed by atoms with van der Waals surface area (Å²) in [6, 6.07) is 10.1. The van der Waals surface area contributed by atoms with Gasteiger partial charge >= 0.3 is 5.69 Å². The largest absolute Gasteiger partial charge is 0.332 e. The molecular weight excluding hydrogens is 354 g/mol. The number of para-hydroxylation sites is 1. The fourth-order valence-corrected chi connectivity index (χ4v) is 4.05. The molecule has 148 valence electrons. The first-order valence-corrected chi connectivity index (χ1v) is 10.1. The molecule has 0 spiro atoms. The first-order valence-electron chi connectivity index (χ1n) is 10.1. The number of anilines is 2. The van der Waals surface area contributed by atoms with Crippen LogP contribution < -0.4 is 16.1 Å². The predicted molar refractivity (Wildman–Crippen MR) is 111 cm³/mol. The van der Waals surface area contributed by atoms with Crippen LogP contribution >= 0.6 is 0 Å². The number of benzene rings is 1. The molecule has 7 nitrogen and oxygen atoms in total. The van der Waals surface area contributed by atoms with Gasteiger partial charge in [0, 0.05) is 32.4 Å². The van der Waals surface area contributed by atoms with Gasteiger partial charge < -0.3 is 9.47 Å². The molecule has 1 atom stereocenters. The monoisotopic (exact) mass is 381 g/mol. The van der Waals surface area contributed by atoms with Crippen molar-refractivity contribution in [3.05, 3.63) is 51.2 Å². The Bertz CT molecular complexity index is 1110. The maximum absolute atomic E-state index is 13.2. The predicted octanol–water partition coefficient (Wildman–Crippen LogP) is 2.87. The third-order valence-corrected chi connectivity index (χ3v) is 5.50. The van der Waals surface area contributed by atoms with Gasteiger partial charge in [-0.1, -0.05) is 44.9 Å². The minimum absolute atomic E-state index is 0.227. The van der Waals surface area contributed by atoms with E-state index in [1.54, 1.807) is 7.05 Å². The lowest BCUT2D eigenvalue weighted by molar-refractivity contribution is 0.457. The van der Waals surface area contributed by atoms with Crippen LogP contribution in [0.3, 0.4) is 0 Å². The van der Waals surface area contributed by atoms with Crippen LogP contribution in [0, 0.1) is 5.92 Å². The van der Waals surface area contributed by atoms with E-state index >= 15 is 0 Å². The van der Waals surface area contributed by atoms with E-state index in [4.69, 9.17) is 4.98 Å². The summed E-state index contributed by atoms with van der Waals surface area (Å²) in [5.74, 6) is 1.09. The summed E-state index contributed by atoms with van der Waals surface area (Å²) in [6.45, 7) is 6.28. The Balaban J connectivity index is 1.93. The zero-order valence-electron chi connectivity index (χ0n) is 16.8. The number of aromatic nitrogens is 4. The van der Waals surface area contributed by atoms with Gasteiger partial charge in [0.25, 0.3) is 5.56 Å². The Morgan fingerprint density at radius 2 is 1.86 bits per heavy atom. The van der Waals surface area contributed by atoms with Gasteiger partial charge in [0.1, 0.15) is 0 Å². The van der Waals surface area contributed by atoms with Gasteiger partial charge in [0.05, 0.1) is 0 Å². The Morgan fingerprint density at radius 1 is 1.11 bits per heavy atom. The number of hydrogen-bond donors (Lipinski definition) is 0. The third kappa shape index (κ3) is 2.95. The summed E-state index contributed by atoms with van der Waals surface area (Å²) >= 11 is 0. The van der Waals surface area contributed by atoms with Crippen molar-refractivity contribution in [2.45, 2.75) is 46.2 Å². The van der Waals surface area contributed by atoms with Crippen LogP contribution in [0.15, 0.2) is 39.9 Å². The zero-order valence-corrected chi connectivity index (χ0v) is 16.8. The lowest BCUT2D eigenvalue weighted by atomic mass is 10.1. The van der Waals surface area contributed by atoms with E-state index in [-0.39, 0.29) is 11.2 Å². The second-order valence-electron chi connectivity index (χ2n) is 7.75. The van der Waals surface area contributed by atoms with Gasteiger partial charge in [-0.2, -0.15) is 4.98 Å². The molecule has 3 aromatic rings. The third-order valence-electron chi connectivity index (χ3n) is 5.50. The number of imidazole rings is 1. The van der Waals surface area contributed by atoms with E-state index in [0.717, 1.165) is 44.0 Å². The molecule has 0 saturated heterocycles. The highest BCUT2D eigenvalue weighted by atomic mass is 16.2. The molecular formula is C21H27N5O2. The number of unbranched alkanes of at least 4 members (excludes halogenated alkanes) is 2. The van der Waals surface area contributed by atoms with Crippen LogP contribution in [0.5, 0.6) is 0 Å². The highest BCUT2D eigenvalue weighted by Crippen LogP contribution is 2.32. The first kappa shape index (κ1) is 18.5. The molecule has 3 heterocycles. The molecule has 0 saturated carbocycles. The van der Waals surface area contributed by atoms with Crippen LogP contribution in [0.25, 0.3) is 11.2 Å². The van der Waals surface area contributed by atoms with Crippen molar-refractivity contribution < 1.29 is 0 Å². The van der Waals surface area contributed by atoms with E-state index < -0.39 is 0 Å². The van der Waals surface area contributed by atoms with Gasteiger partial charge in [-0.3, -0.25) is 13.9 Å². The van der Waals surface area contributed by atoms with Crippen LogP contribution in [0.2, 0.25) is 0 Å². The van der Waals surface area contributed by atoms with E-state index in [2.05, 4.69) is 18.7 Å². The van der Waals surface area contributed by atoms with Crippen LogP contribution in [-0.2, 0) is 20.1 Å². The second kappa shape index (κ2) is 7.30. The lowest BCUT2D eigenvalue weighted by Crippen LogP contribution is -2.40. The Labute approximate surface area is 163 Å². The minimum atomic E-state index is -0.289. The summed E-state index contributed by atoms with van der Waals surface area (Å²) in [4.78, 5) is 32.9. The van der Waals surface area contributed by atoms with Gasteiger partial charge in [-0.05, 0) is 24.5 Å². The standard InChI is InChI=1S/C21H27N5O2/c1-4-5-9-12-24-19(27)17-18(23(3)21(24)28)22-20-25(13-15(2)14-26(17)20)16-10-7-6-8-11-16/h6-8,10-11,15H,4-5,9,12-14H2,1-3H3/t15-/m0/s1. The van der Waals surface area contributed by atoms with Crippen molar-refractivity contribution in [1.82, 2.24) is 18.7 Å². The van der Waals surface area contributed by atoms with Crippen molar-refractivity contribution in [1.29, 1.82) is 0 Å². The fourth-order valence-electron chi connectivity index (χ4n) is 4.05. The molecule has 0 N–H and O–H groups in total. The summed E-state index contributed by atoms with van der Waals surface area (Å²) in [5, 5.41) is 0. The van der Waals surface area contributed by atoms with Crippen molar-refractivity contribution in [3.8, 4) is 0 Å². The summed E-state index contributed by atoms with van der Waals surface area (Å²) in [5.41, 5.74) is 1.52. The van der Waals surface area contributed by atoms with Gasteiger partial charge in [0.15, 0.2) is 11.2 Å². The summed E-state index contributed by atoms with van der Waals surface area (Å²) in [7, 11) is 1.70. The Morgan fingerprint density at radius 3 is 2.57 bits per heavy atom. The number of hydrogen-bond acceptors (Lipinski definition) is 4. The maximum atomic E-state index is 13.2. The molecule has 0 bridgehead atoms. The van der Waals surface area contributed by atoms with Crippen LogP contribution in [0.1, 0.15) is 33.1 Å². The molecule has 2 aromatic heterocycles. The molecule has 28 heavy (non-hydrogen) atoms. The molecule has 1 aliphatic heterocycles. The summed E-state index contributed by atoms with van der Waals surface area (Å²) < 4.78 is 4.88. The molecule has 0 amide bonds. The average molecular weight is 381 g/mol. The Kier molecular flexibility index (Phi) is 4.83. The molecule has 0 fully saturated rings. The maximum Gasteiger partial charge on any atom is 0.332 e. The quantitative estimate of drug-likeness (QED) is 0.638. The molecule has 1 aliphatic rings. The highest BCUT2D eigenvalue weighted by molar-refractivity contribution is 5.77. The van der Waals surface area contributed by atoms with Crippen LogP contribution in [0.4, 0.5) is 11.6 Å². The van der Waals surface area contributed by atoms with Crippen LogP contribution in [-0.4, -0.2) is 25.2 Å². The molecule has 1 aromatic carbocycles. The fraction of sp³-hybridized carbons (Fsp3) is 0.476. The highest BCUT2D eigenvalue weighted by Gasteiger charge is 2.29. The SMILES string of the molecule is CCCCCn1c(=O)c2c(nc3n2C[C@@H](C)CN3c2ccccc2)n(C)c1=O.